The van der Waals surface area contributed by atoms with E-state index in [9.17, 15) is 4.79 Å². The summed E-state index contributed by atoms with van der Waals surface area (Å²) in [5, 5.41) is 10.9. The number of carbonyl (C=O) groups is 1. The van der Waals surface area contributed by atoms with E-state index < -0.39 is 0 Å². The third-order valence-corrected chi connectivity index (χ3v) is 6.02. The van der Waals surface area contributed by atoms with Gasteiger partial charge in [0.1, 0.15) is 0 Å². The van der Waals surface area contributed by atoms with Crippen molar-refractivity contribution in [2.75, 3.05) is 5.75 Å². The van der Waals surface area contributed by atoms with Crippen molar-refractivity contribution in [3.63, 3.8) is 0 Å². The van der Waals surface area contributed by atoms with Crippen molar-refractivity contribution in [3.05, 3.63) is 81.1 Å². The standard InChI is InChI=1S/C21H17ClN4O2S2/c1-14-2-4-15(5-3-14)12-26-10-11-29-20(26)23-18(27)13-30-21-25-24-19(28-21)16-6-8-17(22)9-7-16/h2-11H,12-13H2,1H3. The molecule has 2 aromatic heterocycles. The van der Waals surface area contributed by atoms with Gasteiger partial charge < -0.3 is 8.98 Å². The number of aromatic nitrogens is 3. The van der Waals surface area contributed by atoms with E-state index in [0.29, 0.717) is 27.5 Å². The highest BCUT2D eigenvalue weighted by Crippen LogP contribution is 2.24. The maximum absolute atomic E-state index is 12.3. The van der Waals surface area contributed by atoms with Crippen LogP contribution in [0.1, 0.15) is 11.1 Å². The minimum atomic E-state index is -0.258. The number of rotatable bonds is 6. The number of thioether (sulfide) groups is 1. The largest absolute Gasteiger partial charge is 0.411 e. The van der Waals surface area contributed by atoms with Crippen molar-refractivity contribution in [1.29, 1.82) is 0 Å². The van der Waals surface area contributed by atoms with Crippen LogP contribution in [0.25, 0.3) is 11.5 Å². The molecule has 0 N–H and O–H groups in total. The van der Waals surface area contributed by atoms with Crippen molar-refractivity contribution in [3.8, 4) is 11.5 Å². The average Bonchev–Trinajstić information content (AvgIpc) is 3.39. The molecule has 4 aromatic rings. The Morgan fingerprint density at radius 1 is 1.17 bits per heavy atom. The molecule has 0 aliphatic carbocycles. The van der Waals surface area contributed by atoms with Gasteiger partial charge in [0, 0.05) is 28.7 Å². The normalized spacial score (nSPS) is 11.7. The van der Waals surface area contributed by atoms with Gasteiger partial charge in [0.25, 0.3) is 11.1 Å². The summed E-state index contributed by atoms with van der Waals surface area (Å²) in [6, 6.07) is 15.4. The summed E-state index contributed by atoms with van der Waals surface area (Å²) in [5.41, 5.74) is 3.14. The molecule has 0 aliphatic heterocycles. The SMILES string of the molecule is Cc1ccc(Cn2ccsc2=NC(=O)CSc2nnc(-c3ccc(Cl)cc3)o2)cc1. The molecule has 0 radical (unpaired) electrons. The highest BCUT2D eigenvalue weighted by molar-refractivity contribution is 7.99. The second-order valence-electron chi connectivity index (χ2n) is 6.47. The number of hydrogen-bond donors (Lipinski definition) is 0. The van der Waals surface area contributed by atoms with Gasteiger partial charge in [-0.2, -0.15) is 4.99 Å². The molecule has 6 nitrogen and oxygen atoms in total. The molecule has 2 heterocycles. The highest BCUT2D eigenvalue weighted by atomic mass is 35.5. The lowest BCUT2D eigenvalue weighted by Crippen LogP contribution is -2.17. The monoisotopic (exact) mass is 456 g/mol. The molecule has 2 aromatic carbocycles. The molecule has 152 valence electrons. The van der Waals surface area contributed by atoms with Crippen LogP contribution in [0.3, 0.4) is 0 Å². The number of aryl methyl sites for hydroxylation is 1. The zero-order chi connectivity index (χ0) is 20.9. The zero-order valence-electron chi connectivity index (χ0n) is 16.0. The van der Waals surface area contributed by atoms with Gasteiger partial charge in [0.15, 0.2) is 4.80 Å². The first kappa shape index (κ1) is 20.6. The summed E-state index contributed by atoms with van der Waals surface area (Å²) >= 11 is 8.48. The number of amides is 1. The molecular formula is C21H17ClN4O2S2. The topological polar surface area (TPSA) is 73.3 Å². The lowest BCUT2D eigenvalue weighted by atomic mass is 10.1. The van der Waals surface area contributed by atoms with E-state index >= 15 is 0 Å². The van der Waals surface area contributed by atoms with Crippen LogP contribution in [0, 0.1) is 6.92 Å². The smallest absolute Gasteiger partial charge is 0.277 e. The summed E-state index contributed by atoms with van der Waals surface area (Å²) in [4.78, 5) is 17.2. The predicted octanol–water partition coefficient (Wildman–Crippen LogP) is 4.83. The second kappa shape index (κ2) is 9.42. The molecule has 0 fully saturated rings. The fourth-order valence-corrected chi connectivity index (χ4v) is 4.06. The zero-order valence-corrected chi connectivity index (χ0v) is 18.4. The van der Waals surface area contributed by atoms with Crippen LogP contribution in [0.2, 0.25) is 5.02 Å². The molecule has 0 unspecified atom stereocenters. The van der Waals surface area contributed by atoms with Crippen LogP contribution in [0.4, 0.5) is 0 Å². The van der Waals surface area contributed by atoms with Crippen LogP contribution in [0.5, 0.6) is 0 Å². The summed E-state index contributed by atoms with van der Waals surface area (Å²) in [5.74, 6) is 0.240. The van der Waals surface area contributed by atoms with Gasteiger partial charge in [-0.15, -0.1) is 21.5 Å². The molecule has 0 atom stereocenters. The van der Waals surface area contributed by atoms with Crippen LogP contribution in [0.15, 0.2) is 74.7 Å². The van der Waals surface area contributed by atoms with Crippen LogP contribution in [-0.2, 0) is 11.3 Å². The molecule has 4 rings (SSSR count). The molecule has 0 aliphatic rings. The summed E-state index contributed by atoms with van der Waals surface area (Å²) in [7, 11) is 0. The predicted molar refractivity (Wildman–Crippen MR) is 119 cm³/mol. The van der Waals surface area contributed by atoms with Gasteiger partial charge in [-0.25, -0.2) is 0 Å². The molecule has 1 amide bonds. The van der Waals surface area contributed by atoms with Crippen LogP contribution in [-0.4, -0.2) is 26.4 Å². The molecule has 30 heavy (non-hydrogen) atoms. The van der Waals surface area contributed by atoms with Gasteiger partial charge in [0.2, 0.25) is 5.89 Å². The van der Waals surface area contributed by atoms with E-state index in [1.54, 1.807) is 24.3 Å². The van der Waals surface area contributed by atoms with Crippen LogP contribution >= 0.6 is 34.7 Å². The van der Waals surface area contributed by atoms with Crippen molar-refractivity contribution >= 4 is 40.6 Å². The number of halogens is 1. The van der Waals surface area contributed by atoms with E-state index in [-0.39, 0.29) is 11.7 Å². The van der Waals surface area contributed by atoms with Gasteiger partial charge in [0.05, 0.1) is 5.75 Å². The number of thiazole rings is 1. The summed E-state index contributed by atoms with van der Waals surface area (Å²) < 4.78 is 7.57. The fourth-order valence-electron chi connectivity index (χ4n) is 2.64. The van der Waals surface area contributed by atoms with Crippen molar-refractivity contribution < 1.29 is 9.21 Å². The Balaban J connectivity index is 1.39. The molecule has 0 bridgehead atoms. The lowest BCUT2D eigenvalue weighted by Gasteiger charge is -2.03. The van der Waals surface area contributed by atoms with Crippen LogP contribution < -0.4 is 4.80 Å². The Labute approximate surface area is 186 Å². The molecule has 0 saturated carbocycles. The van der Waals surface area contributed by atoms with Crippen molar-refractivity contribution in [1.82, 2.24) is 14.8 Å². The maximum atomic E-state index is 12.3. The number of hydrogen-bond acceptors (Lipinski definition) is 6. The second-order valence-corrected chi connectivity index (χ2v) is 8.71. The number of carbonyl (C=O) groups excluding carboxylic acids is 1. The quantitative estimate of drug-likeness (QED) is 0.388. The van der Waals surface area contributed by atoms with Gasteiger partial charge >= 0.3 is 0 Å². The Kier molecular flexibility index (Phi) is 6.47. The Morgan fingerprint density at radius 2 is 1.93 bits per heavy atom. The Morgan fingerprint density at radius 3 is 2.70 bits per heavy atom. The van der Waals surface area contributed by atoms with Crippen molar-refractivity contribution in [2.45, 2.75) is 18.7 Å². The van der Waals surface area contributed by atoms with Crippen molar-refractivity contribution in [2.24, 2.45) is 4.99 Å². The first-order valence-electron chi connectivity index (χ1n) is 9.06. The molecule has 0 saturated heterocycles. The number of nitrogens with zero attached hydrogens (tertiary/aromatic N) is 4. The van der Waals surface area contributed by atoms with Gasteiger partial charge in [-0.1, -0.05) is 53.2 Å². The molecular weight excluding hydrogens is 440 g/mol. The highest BCUT2D eigenvalue weighted by Gasteiger charge is 2.11. The summed E-state index contributed by atoms with van der Waals surface area (Å²) in [6.07, 6.45) is 1.93. The Hall–Kier alpha value is -2.68. The molecule has 0 spiro atoms. The fraction of sp³-hybridized carbons (Fsp3) is 0.143. The first-order valence-corrected chi connectivity index (χ1v) is 11.3. The third kappa shape index (κ3) is 5.27. The van der Waals surface area contributed by atoms with E-state index in [1.165, 1.54) is 28.7 Å². The van der Waals surface area contributed by atoms with E-state index in [0.717, 1.165) is 11.1 Å². The first-order chi connectivity index (χ1) is 14.6. The Bertz CT molecular complexity index is 1210. The summed E-state index contributed by atoms with van der Waals surface area (Å²) in [6.45, 7) is 2.72. The van der Waals surface area contributed by atoms with Gasteiger partial charge in [-0.05, 0) is 36.8 Å². The van der Waals surface area contributed by atoms with E-state index in [4.69, 9.17) is 16.0 Å². The lowest BCUT2D eigenvalue weighted by molar-refractivity contribution is -0.115. The minimum Gasteiger partial charge on any atom is -0.411 e. The van der Waals surface area contributed by atoms with E-state index in [1.807, 2.05) is 16.1 Å². The van der Waals surface area contributed by atoms with Gasteiger partial charge in [-0.3, -0.25) is 4.79 Å². The number of benzene rings is 2. The maximum Gasteiger partial charge on any atom is 0.277 e. The molecule has 9 heteroatoms. The average molecular weight is 457 g/mol. The van der Waals surface area contributed by atoms with E-state index in [2.05, 4.69) is 46.4 Å². The third-order valence-electron chi connectivity index (χ3n) is 4.17. The minimum absolute atomic E-state index is 0.116.